The summed E-state index contributed by atoms with van der Waals surface area (Å²) in [5.41, 5.74) is 3.78. The molecule has 0 fully saturated rings. The van der Waals surface area contributed by atoms with Gasteiger partial charge in [-0.2, -0.15) is 0 Å². The van der Waals surface area contributed by atoms with Crippen LogP contribution in [0, 0.1) is 6.92 Å². The van der Waals surface area contributed by atoms with E-state index in [1.807, 2.05) is 56.3 Å². The summed E-state index contributed by atoms with van der Waals surface area (Å²) in [6.07, 6.45) is 1.89. The molecule has 0 aliphatic heterocycles. The highest BCUT2D eigenvalue weighted by atomic mass is 35.5. The normalized spacial score (nSPS) is 12.1. The summed E-state index contributed by atoms with van der Waals surface area (Å²) in [7, 11) is -4.19. The van der Waals surface area contributed by atoms with Crippen molar-refractivity contribution in [3.8, 4) is 0 Å². The van der Waals surface area contributed by atoms with E-state index >= 15 is 0 Å². The van der Waals surface area contributed by atoms with Crippen LogP contribution in [0.5, 0.6) is 0 Å². The number of carbonyl (C=O) groups excluding carboxylic acids is 2. The molecule has 1 unspecified atom stereocenters. The van der Waals surface area contributed by atoms with Crippen molar-refractivity contribution in [3.05, 3.63) is 129 Å². The van der Waals surface area contributed by atoms with Gasteiger partial charge in [-0.25, -0.2) is 8.42 Å². The van der Waals surface area contributed by atoms with Crippen molar-refractivity contribution < 1.29 is 18.0 Å². The Morgan fingerprint density at radius 3 is 2.10 bits per heavy atom. The third-order valence-corrected chi connectivity index (χ3v) is 10.7. The fourth-order valence-electron chi connectivity index (χ4n) is 5.29. The van der Waals surface area contributed by atoms with Crippen molar-refractivity contribution >= 4 is 50.7 Å². The minimum atomic E-state index is -4.19. The lowest BCUT2D eigenvalue weighted by Crippen LogP contribution is -2.53. The molecular weight excluding hydrogens is 665 g/mol. The number of amides is 2. The first kappa shape index (κ1) is 37.0. The molecule has 4 aromatic rings. The smallest absolute Gasteiger partial charge is 0.264 e. The van der Waals surface area contributed by atoms with Gasteiger partial charge in [-0.3, -0.25) is 13.9 Å². The van der Waals surface area contributed by atoms with E-state index in [2.05, 4.69) is 19.2 Å². The number of anilines is 1. The van der Waals surface area contributed by atoms with Gasteiger partial charge in [0.05, 0.1) is 20.6 Å². The third kappa shape index (κ3) is 9.62. The number of hydrogen-bond donors (Lipinski definition) is 1. The van der Waals surface area contributed by atoms with Crippen LogP contribution in [0.25, 0.3) is 0 Å². The van der Waals surface area contributed by atoms with E-state index in [1.54, 1.807) is 42.5 Å². The van der Waals surface area contributed by atoms with Crippen LogP contribution in [0.4, 0.5) is 5.69 Å². The number of rotatable bonds is 15. The third-order valence-electron chi connectivity index (χ3n) is 8.17. The zero-order valence-corrected chi connectivity index (χ0v) is 30.2. The second-order valence-corrected chi connectivity index (χ2v) is 14.9. The van der Waals surface area contributed by atoms with Gasteiger partial charge in [-0.1, -0.05) is 117 Å². The van der Waals surface area contributed by atoms with Gasteiger partial charge < -0.3 is 10.2 Å². The average Bonchev–Trinajstić information content (AvgIpc) is 3.07. The number of aryl methyl sites for hydroxylation is 1. The van der Waals surface area contributed by atoms with E-state index in [0.717, 1.165) is 33.8 Å². The molecule has 254 valence electrons. The van der Waals surface area contributed by atoms with Gasteiger partial charge in [-0.05, 0) is 72.4 Å². The number of unbranched alkanes of at least 4 members (excludes halogenated alkanes) is 1. The first-order valence-corrected chi connectivity index (χ1v) is 18.3. The lowest BCUT2D eigenvalue weighted by molar-refractivity contribution is -0.140. The zero-order chi connectivity index (χ0) is 34.8. The van der Waals surface area contributed by atoms with E-state index in [-0.39, 0.29) is 29.7 Å². The van der Waals surface area contributed by atoms with Crippen molar-refractivity contribution in [1.82, 2.24) is 10.2 Å². The molecule has 0 heterocycles. The quantitative estimate of drug-likeness (QED) is 0.126. The average molecular weight is 709 g/mol. The minimum absolute atomic E-state index is 0.000866. The van der Waals surface area contributed by atoms with Crippen molar-refractivity contribution in [2.45, 2.75) is 70.4 Å². The van der Waals surface area contributed by atoms with Crippen LogP contribution in [-0.2, 0) is 32.6 Å². The predicted octanol–water partition coefficient (Wildman–Crippen LogP) is 8.18. The van der Waals surface area contributed by atoms with Crippen LogP contribution in [0.1, 0.15) is 61.8 Å². The fourth-order valence-corrected chi connectivity index (χ4v) is 7.02. The van der Waals surface area contributed by atoms with Crippen LogP contribution < -0.4 is 9.62 Å². The number of halogens is 2. The first-order chi connectivity index (χ1) is 22.9. The van der Waals surface area contributed by atoms with Crippen molar-refractivity contribution in [2.24, 2.45) is 0 Å². The first-order valence-electron chi connectivity index (χ1n) is 16.1. The van der Waals surface area contributed by atoms with E-state index in [0.29, 0.717) is 27.8 Å². The number of nitrogens with zero attached hydrogens (tertiary/aromatic N) is 2. The molecule has 0 saturated heterocycles. The monoisotopic (exact) mass is 707 g/mol. The Hall–Kier alpha value is -3.85. The van der Waals surface area contributed by atoms with Crippen molar-refractivity contribution in [2.75, 3.05) is 17.4 Å². The molecule has 0 radical (unpaired) electrons. The van der Waals surface area contributed by atoms with Gasteiger partial charge in [-0.15, -0.1) is 0 Å². The van der Waals surface area contributed by atoms with E-state index in [1.165, 1.54) is 17.0 Å². The highest BCUT2D eigenvalue weighted by Crippen LogP contribution is 2.28. The predicted molar refractivity (Wildman–Crippen MR) is 195 cm³/mol. The minimum Gasteiger partial charge on any atom is -0.354 e. The molecule has 0 spiro atoms. The number of sulfonamides is 1. The van der Waals surface area contributed by atoms with E-state index in [9.17, 15) is 18.0 Å². The second-order valence-electron chi connectivity index (χ2n) is 12.2. The van der Waals surface area contributed by atoms with E-state index < -0.39 is 28.5 Å². The SMILES string of the molecule is CCCCNC(=O)C(Cc1ccccc1)N(Cc1ccc(Cl)c(Cl)c1)C(=O)CN(c1ccc(C(C)C)cc1)S(=O)(=O)c1ccc(C)cc1. The van der Waals surface area contributed by atoms with Gasteiger partial charge in [0.1, 0.15) is 12.6 Å². The maximum Gasteiger partial charge on any atom is 0.264 e. The molecule has 0 aliphatic rings. The summed E-state index contributed by atoms with van der Waals surface area (Å²) in [5, 5.41) is 3.66. The van der Waals surface area contributed by atoms with Gasteiger partial charge in [0, 0.05) is 19.5 Å². The Morgan fingerprint density at radius 2 is 1.50 bits per heavy atom. The molecule has 0 bridgehead atoms. The zero-order valence-electron chi connectivity index (χ0n) is 27.8. The summed E-state index contributed by atoms with van der Waals surface area (Å²) < 4.78 is 29.7. The van der Waals surface area contributed by atoms with Crippen LogP contribution >= 0.6 is 23.2 Å². The van der Waals surface area contributed by atoms with Gasteiger partial charge in [0.25, 0.3) is 10.0 Å². The summed E-state index contributed by atoms with van der Waals surface area (Å²) in [4.78, 5) is 30.1. The Kier molecular flexibility index (Phi) is 13.1. The molecule has 0 aliphatic carbocycles. The van der Waals surface area contributed by atoms with Crippen LogP contribution in [0.15, 0.2) is 102 Å². The lowest BCUT2D eigenvalue weighted by atomic mass is 10.0. The molecule has 4 aromatic carbocycles. The van der Waals surface area contributed by atoms with Crippen LogP contribution in [0.3, 0.4) is 0 Å². The molecule has 10 heteroatoms. The fraction of sp³-hybridized carbons (Fsp3) is 0.316. The number of nitrogens with one attached hydrogen (secondary N) is 1. The largest absolute Gasteiger partial charge is 0.354 e. The topological polar surface area (TPSA) is 86.8 Å². The molecule has 1 atom stereocenters. The number of carbonyl (C=O) groups is 2. The molecule has 2 amide bonds. The summed E-state index contributed by atoms with van der Waals surface area (Å²) in [5.74, 6) is -0.638. The van der Waals surface area contributed by atoms with Gasteiger partial charge in [0.2, 0.25) is 11.8 Å². The molecule has 4 rings (SSSR count). The summed E-state index contributed by atoms with van der Waals surface area (Å²) in [6.45, 7) is 7.93. The van der Waals surface area contributed by atoms with Crippen molar-refractivity contribution in [1.29, 1.82) is 0 Å². The molecule has 1 N–H and O–H groups in total. The highest BCUT2D eigenvalue weighted by Gasteiger charge is 2.34. The maximum absolute atomic E-state index is 14.6. The van der Waals surface area contributed by atoms with Gasteiger partial charge >= 0.3 is 0 Å². The Morgan fingerprint density at radius 1 is 0.833 bits per heavy atom. The molecular formula is C38H43Cl2N3O4S. The Labute approximate surface area is 294 Å². The number of benzene rings is 4. The maximum atomic E-state index is 14.6. The highest BCUT2D eigenvalue weighted by molar-refractivity contribution is 7.92. The molecule has 0 saturated carbocycles. The van der Waals surface area contributed by atoms with Crippen molar-refractivity contribution in [3.63, 3.8) is 0 Å². The molecule has 7 nitrogen and oxygen atoms in total. The lowest BCUT2D eigenvalue weighted by Gasteiger charge is -2.34. The van der Waals surface area contributed by atoms with Crippen LogP contribution in [-0.4, -0.2) is 44.3 Å². The summed E-state index contributed by atoms with van der Waals surface area (Å²) in [6, 6.07) is 27.2. The molecule has 0 aromatic heterocycles. The van der Waals surface area contributed by atoms with Crippen LogP contribution in [0.2, 0.25) is 10.0 Å². The Balaban J connectivity index is 1.81. The second kappa shape index (κ2) is 17.0. The summed E-state index contributed by atoms with van der Waals surface area (Å²) >= 11 is 12.6. The van der Waals surface area contributed by atoms with Gasteiger partial charge in [0.15, 0.2) is 0 Å². The Bertz CT molecular complexity index is 1780. The number of hydrogen-bond acceptors (Lipinski definition) is 4. The van der Waals surface area contributed by atoms with E-state index in [4.69, 9.17) is 23.2 Å². The molecule has 48 heavy (non-hydrogen) atoms. The standard InChI is InChI=1S/C38H43Cl2N3O4S/c1-5-6-22-41-38(45)36(24-29-10-8-7-9-11-29)42(25-30-14-21-34(39)35(40)23-30)37(44)26-43(32-17-15-31(16-18-32)27(2)3)48(46,47)33-19-12-28(4)13-20-33/h7-21,23,27,36H,5-6,22,24-26H2,1-4H3,(H,41,45).